The van der Waals surface area contributed by atoms with Crippen molar-refractivity contribution in [2.45, 2.75) is 33.7 Å². The Kier molecular flexibility index (Phi) is 5.45. The molecular weight excluding hydrogens is 152 g/mol. The third-order valence-electron chi connectivity index (χ3n) is 1.82. The van der Waals surface area contributed by atoms with Crippen molar-refractivity contribution >= 4 is 5.96 Å². The van der Waals surface area contributed by atoms with Gasteiger partial charge in [-0.15, -0.1) is 0 Å². The van der Waals surface area contributed by atoms with Gasteiger partial charge in [-0.05, 0) is 19.8 Å². The standard InChI is InChI=1S/C8H20N4/c1-5-10-8(12-9)11-7(4)6(2)3/h6-7H,5,9H2,1-4H3,(H2,10,11,12). The summed E-state index contributed by atoms with van der Waals surface area (Å²) in [7, 11) is 0. The lowest BCUT2D eigenvalue weighted by Gasteiger charge is -2.19. The molecule has 4 heteroatoms. The van der Waals surface area contributed by atoms with Crippen molar-refractivity contribution in [1.29, 1.82) is 0 Å². The van der Waals surface area contributed by atoms with Crippen LogP contribution in [0.4, 0.5) is 0 Å². The Labute approximate surface area is 74.6 Å². The van der Waals surface area contributed by atoms with Gasteiger partial charge >= 0.3 is 0 Å². The molecule has 0 saturated heterocycles. The summed E-state index contributed by atoms with van der Waals surface area (Å²) in [5.41, 5.74) is 2.53. The predicted molar refractivity (Wildman–Crippen MR) is 52.7 cm³/mol. The third kappa shape index (κ3) is 4.18. The first-order valence-corrected chi connectivity index (χ1v) is 4.39. The van der Waals surface area contributed by atoms with Crippen LogP contribution in [0.3, 0.4) is 0 Å². The minimum Gasteiger partial charge on any atom is -0.353 e. The zero-order valence-electron chi connectivity index (χ0n) is 8.39. The Morgan fingerprint density at radius 1 is 1.42 bits per heavy atom. The molecule has 0 aromatic heterocycles. The van der Waals surface area contributed by atoms with Gasteiger partial charge in [0.05, 0.1) is 0 Å². The molecule has 0 saturated carbocycles. The van der Waals surface area contributed by atoms with E-state index in [4.69, 9.17) is 5.84 Å². The number of guanidine groups is 1. The molecule has 4 N–H and O–H groups in total. The van der Waals surface area contributed by atoms with Crippen LogP contribution in [0.5, 0.6) is 0 Å². The van der Waals surface area contributed by atoms with Crippen LogP contribution >= 0.6 is 0 Å². The number of hydrazine groups is 1. The Bertz CT molecular complexity index is 142. The largest absolute Gasteiger partial charge is 0.353 e. The summed E-state index contributed by atoms with van der Waals surface area (Å²) < 4.78 is 0. The van der Waals surface area contributed by atoms with E-state index in [1.807, 2.05) is 6.92 Å². The molecule has 0 spiro atoms. The van der Waals surface area contributed by atoms with Crippen LogP contribution in [0.2, 0.25) is 0 Å². The highest BCUT2D eigenvalue weighted by Gasteiger charge is 2.07. The summed E-state index contributed by atoms with van der Waals surface area (Å²) in [5, 5.41) is 3.18. The van der Waals surface area contributed by atoms with Crippen LogP contribution in [0.1, 0.15) is 27.7 Å². The van der Waals surface area contributed by atoms with E-state index in [0.29, 0.717) is 17.9 Å². The lowest BCUT2D eigenvalue weighted by molar-refractivity contribution is 0.481. The molecule has 0 rings (SSSR count). The van der Waals surface area contributed by atoms with E-state index in [1.54, 1.807) is 0 Å². The Hall–Kier alpha value is -0.770. The maximum absolute atomic E-state index is 5.26. The Morgan fingerprint density at radius 2 is 2.00 bits per heavy atom. The van der Waals surface area contributed by atoms with Gasteiger partial charge in [-0.1, -0.05) is 13.8 Å². The molecule has 0 aliphatic rings. The number of nitrogens with two attached hydrogens (primary N) is 1. The summed E-state index contributed by atoms with van der Waals surface area (Å²) in [5.74, 6) is 6.50. The van der Waals surface area contributed by atoms with Crippen molar-refractivity contribution in [2.75, 3.05) is 6.54 Å². The lowest BCUT2D eigenvalue weighted by atomic mass is 10.1. The quantitative estimate of drug-likeness (QED) is 0.251. The molecular formula is C8H20N4. The van der Waals surface area contributed by atoms with Gasteiger partial charge in [-0.3, -0.25) is 10.4 Å². The van der Waals surface area contributed by atoms with E-state index in [-0.39, 0.29) is 0 Å². The zero-order chi connectivity index (χ0) is 9.56. The van der Waals surface area contributed by atoms with Crippen LogP contribution in [0.25, 0.3) is 0 Å². The molecule has 0 bridgehead atoms. The summed E-state index contributed by atoms with van der Waals surface area (Å²) in [4.78, 5) is 4.13. The Morgan fingerprint density at radius 3 is 2.33 bits per heavy atom. The van der Waals surface area contributed by atoms with Crippen molar-refractivity contribution in [3.63, 3.8) is 0 Å². The van der Waals surface area contributed by atoms with Crippen LogP contribution < -0.4 is 16.6 Å². The SMILES string of the molecule is CCN=C(NN)NC(C)C(C)C. The van der Waals surface area contributed by atoms with Crippen molar-refractivity contribution in [2.24, 2.45) is 16.8 Å². The third-order valence-corrected chi connectivity index (χ3v) is 1.82. The second-order valence-corrected chi connectivity index (χ2v) is 3.14. The van der Waals surface area contributed by atoms with Gasteiger partial charge in [0.2, 0.25) is 5.96 Å². The van der Waals surface area contributed by atoms with Crippen LogP contribution in [-0.4, -0.2) is 18.5 Å². The maximum atomic E-state index is 5.26. The molecule has 0 heterocycles. The van der Waals surface area contributed by atoms with Gasteiger partial charge in [0.1, 0.15) is 0 Å². The monoisotopic (exact) mass is 172 g/mol. The van der Waals surface area contributed by atoms with Gasteiger partial charge in [0.25, 0.3) is 0 Å². The average Bonchev–Trinajstić information content (AvgIpc) is 2.03. The van der Waals surface area contributed by atoms with E-state index in [9.17, 15) is 0 Å². The highest BCUT2D eigenvalue weighted by molar-refractivity contribution is 5.79. The second-order valence-electron chi connectivity index (χ2n) is 3.14. The Balaban J connectivity index is 3.94. The molecule has 0 aliphatic heterocycles. The molecule has 0 aromatic rings. The van der Waals surface area contributed by atoms with E-state index >= 15 is 0 Å². The number of hydrogen-bond acceptors (Lipinski definition) is 2. The smallest absolute Gasteiger partial charge is 0.205 e. The normalized spacial score (nSPS) is 14.7. The molecule has 0 amide bonds. The topological polar surface area (TPSA) is 62.4 Å². The van der Waals surface area contributed by atoms with Gasteiger partial charge in [-0.2, -0.15) is 0 Å². The fourth-order valence-electron chi connectivity index (χ4n) is 0.673. The van der Waals surface area contributed by atoms with E-state index in [2.05, 4.69) is 36.5 Å². The minimum absolute atomic E-state index is 0.381. The molecule has 0 aliphatic carbocycles. The first kappa shape index (κ1) is 11.2. The number of nitrogens with one attached hydrogen (secondary N) is 2. The van der Waals surface area contributed by atoms with Crippen molar-refractivity contribution in [3.05, 3.63) is 0 Å². The maximum Gasteiger partial charge on any atom is 0.205 e. The first-order valence-electron chi connectivity index (χ1n) is 4.39. The van der Waals surface area contributed by atoms with Crippen molar-refractivity contribution in [1.82, 2.24) is 10.7 Å². The summed E-state index contributed by atoms with van der Waals surface area (Å²) in [6.07, 6.45) is 0. The summed E-state index contributed by atoms with van der Waals surface area (Å²) >= 11 is 0. The highest BCUT2D eigenvalue weighted by Crippen LogP contribution is 1.98. The highest BCUT2D eigenvalue weighted by atomic mass is 15.3. The molecule has 0 aromatic carbocycles. The molecule has 4 nitrogen and oxygen atoms in total. The fraction of sp³-hybridized carbons (Fsp3) is 0.875. The van der Waals surface area contributed by atoms with Crippen LogP contribution in [-0.2, 0) is 0 Å². The second kappa shape index (κ2) is 5.83. The first-order chi connectivity index (χ1) is 5.61. The van der Waals surface area contributed by atoms with Crippen molar-refractivity contribution < 1.29 is 0 Å². The van der Waals surface area contributed by atoms with Crippen molar-refractivity contribution in [3.8, 4) is 0 Å². The molecule has 12 heavy (non-hydrogen) atoms. The number of rotatable bonds is 3. The lowest BCUT2D eigenvalue weighted by Crippen LogP contribution is -2.47. The average molecular weight is 172 g/mol. The number of hydrogen-bond donors (Lipinski definition) is 3. The molecule has 1 atom stereocenters. The summed E-state index contributed by atoms with van der Waals surface area (Å²) in [6.45, 7) is 9.11. The van der Waals surface area contributed by atoms with Gasteiger partial charge in [-0.25, -0.2) is 5.84 Å². The molecule has 72 valence electrons. The zero-order valence-corrected chi connectivity index (χ0v) is 8.39. The minimum atomic E-state index is 0.381. The summed E-state index contributed by atoms with van der Waals surface area (Å²) in [6, 6.07) is 0.381. The van der Waals surface area contributed by atoms with Gasteiger partial charge < -0.3 is 5.32 Å². The van der Waals surface area contributed by atoms with Gasteiger partial charge in [0, 0.05) is 12.6 Å². The fourth-order valence-corrected chi connectivity index (χ4v) is 0.673. The van der Waals surface area contributed by atoms with Gasteiger partial charge in [0.15, 0.2) is 0 Å². The van der Waals surface area contributed by atoms with E-state index in [0.717, 1.165) is 6.54 Å². The van der Waals surface area contributed by atoms with Crippen LogP contribution in [0.15, 0.2) is 4.99 Å². The van der Waals surface area contributed by atoms with E-state index in [1.165, 1.54) is 0 Å². The molecule has 0 radical (unpaired) electrons. The van der Waals surface area contributed by atoms with Crippen LogP contribution in [0, 0.1) is 5.92 Å². The molecule has 0 fully saturated rings. The predicted octanol–water partition coefficient (Wildman–Crippen LogP) is 0.460. The number of nitrogens with zero attached hydrogens (tertiary/aromatic N) is 1. The molecule has 1 unspecified atom stereocenters. The van der Waals surface area contributed by atoms with E-state index < -0.39 is 0 Å². The number of aliphatic imine (C=N–C) groups is 1.